The molecule has 0 aromatic rings. The molecule has 0 radical (unpaired) electrons. The minimum atomic E-state index is -0.587. The molecule has 0 aromatic carbocycles. The summed E-state index contributed by atoms with van der Waals surface area (Å²) in [6, 6.07) is -0.726. The largest absolute Gasteiger partial charge is 0.375 e. The van der Waals surface area contributed by atoms with Crippen molar-refractivity contribution in [2.45, 2.75) is 45.2 Å². The topological polar surface area (TPSA) is 105 Å². The van der Waals surface area contributed by atoms with Gasteiger partial charge in [0.15, 0.2) is 0 Å². The van der Waals surface area contributed by atoms with Crippen molar-refractivity contribution in [3.05, 3.63) is 0 Å². The van der Waals surface area contributed by atoms with Crippen molar-refractivity contribution < 1.29 is 19.1 Å². The fraction of sp³-hybridized carbons (Fsp3) is 0.833. The van der Waals surface area contributed by atoms with Gasteiger partial charge < -0.3 is 25.6 Å². The van der Waals surface area contributed by atoms with Gasteiger partial charge in [0.1, 0.15) is 12.6 Å². The summed E-state index contributed by atoms with van der Waals surface area (Å²) >= 11 is 0. The quantitative estimate of drug-likeness (QED) is 0.575. The lowest BCUT2D eigenvalue weighted by atomic mass is 10.1. The van der Waals surface area contributed by atoms with Crippen molar-refractivity contribution in [1.82, 2.24) is 15.1 Å². The number of nitrogens with zero attached hydrogens (tertiary/aromatic N) is 2. The van der Waals surface area contributed by atoms with Crippen LogP contribution in [0.25, 0.3) is 0 Å². The van der Waals surface area contributed by atoms with Crippen molar-refractivity contribution in [3.8, 4) is 0 Å². The number of hydrogen-bond donors (Lipinski definition) is 2. The van der Waals surface area contributed by atoms with Crippen molar-refractivity contribution in [1.29, 1.82) is 0 Å². The smallest absolute Gasteiger partial charge is 0.249 e. The number of carbonyl (C=O) groups is 3. The van der Waals surface area contributed by atoms with Crippen molar-refractivity contribution in [3.63, 3.8) is 0 Å². The van der Waals surface area contributed by atoms with Crippen LogP contribution in [0.4, 0.5) is 0 Å². The summed E-state index contributed by atoms with van der Waals surface area (Å²) in [5.41, 5.74) is 5.46. The summed E-state index contributed by atoms with van der Waals surface area (Å²) in [6.45, 7) is 5.78. The van der Waals surface area contributed by atoms with Crippen LogP contribution in [0.5, 0.6) is 0 Å². The van der Waals surface area contributed by atoms with E-state index >= 15 is 0 Å². The second kappa shape index (κ2) is 9.32. The van der Waals surface area contributed by atoms with Crippen LogP contribution >= 0.6 is 0 Å². The molecule has 2 aliphatic rings. The Balaban J connectivity index is 2.15. The van der Waals surface area contributed by atoms with Gasteiger partial charge in [0.2, 0.25) is 17.7 Å². The Morgan fingerprint density at radius 1 is 1.31 bits per heavy atom. The molecule has 26 heavy (non-hydrogen) atoms. The van der Waals surface area contributed by atoms with Gasteiger partial charge in [-0.3, -0.25) is 14.4 Å². The molecule has 1 saturated heterocycles. The average molecular weight is 368 g/mol. The van der Waals surface area contributed by atoms with Crippen molar-refractivity contribution >= 4 is 17.7 Å². The summed E-state index contributed by atoms with van der Waals surface area (Å²) in [6.07, 6.45) is 2.33. The van der Waals surface area contributed by atoms with Gasteiger partial charge in [0, 0.05) is 39.2 Å². The number of rotatable bonds is 9. The maximum absolute atomic E-state index is 12.8. The zero-order chi connectivity index (χ0) is 19.3. The predicted molar refractivity (Wildman–Crippen MR) is 97.1 cm³/mol. The molecule has 2 fully saturated rings. The minimum absolute atomic E-state index is 0.0753. The lowest BCUT2D eigenvalue weighted by molar-refractivity contribution is -0.141. The fourth-order valence-corrected chi connectivity index (χ4v) is 3.46. The van der Waals surface area contributed by atoms with E-state index in [0.717, 1.165) is 12.8 Å². The summed E-state index contributed by atoms with van der Waals surface area (Å²) in [7, 11) is 1.46. The number of hydrogen-bond acceptors (Lipinski definition) is 5. The predicted octanol–water partition coefficient (Wildman–Crippen LogP) is -0.428. The van der Waals surface area contributed by atoms with Crippen LogP contribution in [-0.2, 0) is 19.1 Å². The van der Waals surface area contributed by atoms with E-state index in [1.165, 1.54) is 7.11 Å². The standard InChI is InChI=1S/C18H32N4O4/c1-12(2)9-21(18(25)13-4-5-13)14-8-15(17(24)20-7-6-19)22(10-14)16(23)11-26-3/h12-15H,4-11,19H2,1-3H3,(H,20,24). The van der Waals surface area contributed by atoms with Crippen LogP contribution in [0, 0.1) is 11.8 Å². The Morgan fingerprint density at radius 3 is 2.54 bits per heavy atom. The highest BCUT2D eigenvalue weighted by molar-refractivity contribution is 5.89. The maximum atomic E-state index is 12.8. The van der Waals surface area contributed by atoms with Crippen LogP contribution in [0.3, 0.4) is 0 Å². The SMILES string of the molecule is COCC(=O)N1CC(N(CC(C)C)C(=O)C2CC2)CC1C(=O)NCCN. The molecular weight excluding hydrogens is 336 g/mol. The van der Waals surface area contributed by atoms with Gasteiger partial charge in [-0.05, 0) is 25.2 Å². The number of nitrogens with two attached hydrogens (primary N) is 1. The maximum Gasteiger partial charge on any atom is 0.249 e. The zero-order valence-corrected chi connectivity index (χ0v) is 16.1. The van der Waals surface area contributed by atoms with E-state index < -0.39 is 6.04 Å². The molecule has 0 aromatic heterocycles. The van der Waals surface area contributed by atoms with Crippen LogP contribution in [0.1, 0.15) is 33.1 Å². The van der Waals surface area contributed by atoms with Gasteiger partial charge in [-0.25, -0.2) is 0 Å². The summed E-state index contributed by atoms with van der Waals surface area (Å²) in [5.74, 6) is 0.149. The molecule has 8 nitrogen and oxygen atoms in total. The normalized spacial score (nSPS) is 22.6. The van der Waals surface area contributed by atoms with E-state index in [9.17, 15) is 14.4 Å². The first-order valence-corrected chi connectivity index (χ1v) is 9.45. The third-order valence-electron chi connectivity index (χ3n) is 4.83. The molecule has 1 heterocycles. The molecule has 0 bridgehead atoms. The van der Waals surface area contributed by atoms with E-state index in [4.69, 9.17) is 10.5 Å². The number of amides is 3. The van der Waals surface area contributed by atoms with E-state index in [-0.39, 0.29) is 36.3 Å². The van der Waals surface area contributed by atoms with Gasteiger partial charge in [0.05, 0.1) is 6.04 Å². The Labute approximate surface area is 155 Å². The third-order valence-corrected chi connectivity index (χ3v) is 4.83. The van der Waals surface area contributed by atoms with Crippen LogP contribution in [0.2, 0.25) is 0 Å². The Hall–Kier alpha value is -1.67. The minimum Gasteiger partial charge on any atom is -0.375 e. The molecule has 2 atom stereocenters. The van der Waals surface area contributed by atoms with E-state index in [1.807, 2.05) is 4.90 Å². The lowest BCUT2D eigenvalue weighted by Gasteiger charge is -2.30. The average Bonchev–Trinajstić information content (AvgIpc) is 3.35. The molecule has 0 spiro atoms. The molecule has 2 rings (SSSR count). The first-order valence-electron chi connectivity index (χ1n) is 9.45. The van der Waals surface area contributed by atoms with Crippen molar-refractivity contribution in [2.24, 2.45) is 17.6 Å². The number of ether oxygens (including phenoxy) is 1. The van der Waals surface area contributed by atoms with E-state index in [2.05, 4.69) is 19.2 Å². The molecule has 148 valence electrons. The molecule has 2 unspecified atom stereocenters. The van der Waals surface area contributed by atoms with E-state index in [1.54, 1.807) is 4.90 Å². The molecule has 8 heteroatoms. The summed E-state index contributed by atoms with van der Waals surface area (Å²) < 4.78 is 4.96. The molecule has 1 aliphatic heterocycles. The highest BCUT2D eigenvalue weighted by Gasteiger charge is 2.45. The molecule has 3 N–H and O–H groups in total. The fourth-order valence-electron chi connectivity index (χ4n) is 3.46. The van der Waals surface area contributed by atoms with Gasteiger partial charge in [-0.2, -0.15) is 0 Å². The van der Waals surface area contributed by atoms with Crippen molar-refractivity contribution in [2.75, 3.05) is 39.9 Å². The van der Waals surface area contributed by atoms with Gasteiger partial charge >= 0.3 is 0 Å². The first-order chi connectivity index (χ1) is 12.4. The second-order valence-corrected chi connectivity index (χ2v) is 7.62. The molecule has 1 saturated carbocycles. The monoisotopic (exact) mass is 368 g/mol. The first kappa shape index (κ1) is 20.6. The second-order valence-electron chi connectivity index (χ2n) is 7.62. The zero-order valence-electron chi connectivity index (χ0n) is 16.1. The highest BCUT2D eigenvalue weighted by atomic mass is 16.5. The Bertz CT molecular complexity index is 521. The molecular formula is C18H32N4O4. The van der Waals surface area contributed by atoms with Crippen LogP contribution < -0.4 is 11.1 Å². The third kappa shape index (κ3) is 5.17. The van der Waals surface area contributed by atoms with Gasteiger partial charge in [-0.15, -0.1) is 0 Å². The number of likely N-dealkylation sites (tertiary alicyclic amines) is 1. The van der Waals surface area contributed by atoms with Gasteiger partial charge in [0.25, 0.3) is 0 Å². The van der Waals surface area contributed by atoms with E-state index in [0.29, 0.717) is 38.5 Å². The highest BCUT2D eigenvalue weighted by Crippen LogP contribution is 2.34. The van der Waals surface area contributed by atoms with Gasteiger partial charge in [-0.1, -0.05) is 13.8 Å². The Morgan fingerprint density at radius 2 is 2.00 bits per heavy atom. The summed E-state index contributed by atoms with van der Waals surface area (Å²) in [4.78, 5) is 41.2. The van der Waals surface area contributed by atoms with Crippen LogP contribution in [-0.4, -0.2) is 79.5 Å². The molecule has 1 aliphatic carbocycles. The summed E-state index contributed by atoms with van der Waals surface area (Å²) in [5, 5.41) is 2.76. The lowest BCUT2D eigenvalue weighted by Crippen LogP contribution is -2.48. The van der Waals surface area contributed by atoms with Crippen LogP contribution in [0.15, 0.2) is 0 Å². The number of carbonyl (C=O) groups excluding carboxylic acids is 3. The number of nitrogens with one attached hydrogen (secondary N) is 1. The Kier molecular flexibility index (Phi) is 7.40. The molecule has 3 amide bonds. The number of methoxy groups -OCH3 is 1.